The van der Waals surface area contributed by atoms with Gasteiger partial charge in [0.2, 0.25) is 0 Å². The first kappa shape index (κ1) is 17.0. The second-order valence-corrected chi connectivity index (χ2v) is 7.32. The van der Waals surface area contributed by atoms with Crippen LogP contribution in [0.4, 0.5) is 9.18 Å². The van der Waals surface area contributed by atoms with Gasteiger partial charge < -0.3 is 16.0 Å². The molecule has 2 aliphatic rings. The number of carbonyl (C=O) groups is 1. The molecule has 2 aromatic rings. The predicted octanol–water partition coefficient (Wildman–Crippen LogP) is 3.22. The van der Waals surface area contributed by atoms with E-state index in [1.165, 1.54) is 17.7 Å². The van der Waals surface area contributed by atoms with Crippen molar-refractivity contribution in [1.29, 1.82) is 0 Å². The summed E-state index contributed by atoms with van der Waals surface area (Å²) in [7, 11) is 0. The molecule has 1 aliphatic carbocycles. The van der Waals surface area contributed by atoms with Crippen molar-refractivity contribution in [2.45, 2.75) is 31.3 Å². The molecule has 136 valence electrons. The number of urea groups is 1. The average molecular weight is 353 g/mol. The van der Waals surface area contributed by atoms with Gasteiger partial charge in [0.1, 0.15) is 5.82 Å². The van der Waals surface area contributed by atoms with Crippen molar-refractivity contribution in [3.63, 3.8) is 0 Å². The first-order chi connectivity index (χ1) is 12.7. The molecule has 3 N–H and O–H groups in total. The van der Waals surface area contributed by atoms with Crippen LogP contribution in [0.1, 0.15) is 35.6 Å². The maximum atomic E-state index is 13.4. The van der Waals surface area contributed by atoms with Crippen molar-refractivity contribution >= 4 is 6.03 Å². The van der Waals surface area contributed by atoms with Gasteiger partial charge in [-0.25, -0.2) is 9.18 Å². The van der Waals surface area contributed by atoms with Gasteiger partial charge in [-0.2, -0.15) is 0 Å². The van der Waals surface area contributed by atoms with Crippen LogP contribution in [0.15, 0.2) is 48.5 Å². The molecule has 26 heavy (non-hydrogen) atoms. The zero-order chi connectivity index (χ0) is 18.1. The highest BCUT2D eigenvalue weighted by molar-refractivity contribution is 5.76. The Kier molecular flexibility index (Phi) is 4.64. The SMILES string of the molecule is NCC1CC(NC(=O)N2CCc3ccccc3C2c2ccc(F)cc2)C1. The van der Waals surface area contributed by atoms with E-state index in [1.54, 1.807) is 12.1 Å². The topological polar surface area (TPSA) is 58.4 Å². The quantitative estimate of drug-likeness (QED) is 0.890. The Bertz CT molecular complexity index is 786. The third kappa shape index (κ3) is 3.19. The summed E-state index contributed by atoms with van der Waals surface area (Å²) < 4.78 is 13.4. The Hall–Kier alpha value is -2.40. The molecule has 0 aromatic heterocycles. The second-order valence-electron chi connectivity index (χ2n) is 7.32. The lowest BCUT2D eigenvalue weighted by molar-refractivity contribution is 0.158. The van der Waals surface area contributed by atoms with Gasteiger partial charge in [0, 0.05) is 12.6 Å². The summed E-state index contributed by atoms with van der Waals surface area (Å²) in [6.45, 7) is 1.33. The number of nitrogens with two attached hydrogens (primary N) is 1. The first-order valence-corrected chi connectivity index (χ1v) is 9.26. The van der Waals surface area contributed by atoms with E-state index >= 15 is 0 Å². The van der Waals surface area contributed by atoms with Crippen LogP contribution >= 0.6 is 0 Å². The van der Waals surface area contributed by atoms with Crippen molar-refractivity contribution in [1.82, 2.24) is 10.2 Å². The fraction of sp³-hybridized carbons (Fsp3) is 0.381. The Morgan fingerprint density at radius 1 is 1.15 bits per heavy atom. The number of nitrogens with zero attached hydrogens (tertiary/aromatic N) is 1. The molecule has 5 heteroatoms. The van der Waals surface area contributed by atoms with E-state index in [9.17, 15) is 9.18 Å². The first-order valence-electron chi connectivity index (χ1n) is 9.26. The van der Waals surface area contributed by atoms with Crippen molar-refractivity contribution < 1.29 is 9.18 Å². The summed E-state index contributed by atoms with van der Waals surface area (Å²) in [6.07, 6.45) is 2.74. The van der Waals surface area contributed by atoms with E-state index in [-0.39, 0.29) is 23.9 Å². The second kappa shape index (κ2) is 7.08. The molecule has 1 fully saturated rings. The number of amides is 2. The van der Waals surface area contributed by atoms with Crippen molar-refractivity contribution in [3.8, 4) is 0 Å². The van der Waals surface area contributed by atoms with E-state index in [2.05, 4.69) is 17.4 Å². The minimum absolute atomic E-state index is 0.0469. The summed E-state index contributed by atoms with van der Waals surface area (Å²) in [6, 6.07) is 14.6. The summed E-state index contributed by atoms with van der Waals surface area (Å²) in [4.78, 5) is 14.8. The Morgan fingerprint density at radius 3 is 2.62 bits per heavy atom. The van der Waals surface area contributed by atoms with E-state index < -0.39 is 0 Å². The smallest absolute Gasteiger partial charge is 0.318 e. The van der Waals surface area contributed by atoms with Crippen LogP contribution in [0.25, 0.3) is 0 Å². The van der Waals surface area contributed by atoms with Gasteiger partial charge in [-0.1, -0.05) is 36.4 Å². The normalized spacial score (nSPS) is 24.5. The molecule has 0 spiro atoms. The molecule has 1 unspecified atom stereocenters. The highest BCUT2D eigenvalue weighted by Gasteiger charge is 2.35. The monoisotopic (exact) mass is 353 g/mol. The molecule has 2 aromatic carbocycles. The lowest BCUT2D eigenvalue weighted by atomic mass is 9.80. The van der Waals surface area contributed by atoms with E-state index in [4.69, 9.17) is 5.73 Å². The third-order valence-corrected chi connectivity index (χ3v) is 5.63. The molecular formula is C21H24FN3O. The summed E-state index contributed by atoms with van der Waals surface area (Å²) in [5, 5.41) is 3.15. The number of halogens is 1. The Labute approximate surface area is 153 Å². The van der Waals surface area contributed by atoms with Gasteiger partial charge >= 0.3 is 6.03 Å². The predicted molar refractivity (Wildman–Crippen MR) is 99.2 cm³/mol. The van der Waals surface area contributed by atoms with Crippen LogP contribution in [0.5, 0.6) is 0 Å². The minimum atomic E-state index is -0.267. The zero-order valence-electron chi connectivity index (χ0n) is 14.7. The largest absolute Gasteiger partial charge is 0.335 e. The average Bonchev–Trinajstić information content (AvgIpc) is 2.64. The molecule has 0 bridgehead atoms. The van der Waals surface area contributed by atoms with Crippen molar-refractivity contribution in [3.05, 3.63) is 71.0 Å². The minimum Gasteiger partial charge on any atom is -0.335 e. The van der Waals surface area contributed by atoms with Gasteiger partial charge in [0.25, 0.3) is 0 Å². The van der Waals surface area contributed by atoms with E-state index in [0.717, 1.165) is 30.4 Å². The highest BCUT2D eigenvalue weighted by atomic mass is 19.1. The molecule has 0 radical (unpaired) electrons. The zero-order valence-corrected chi connectivity index (χ0v) is 14.7. The molecule has 2 amide bonds. The molecule has 4 nitrogen and oxygen atoms in total. The molecule has 1 aliphatic heterocycles. The standard InChI is InChI=1S/C21H24FN3O/c22-17-7-5-16(6-8-17)20-19-4-2-1-3-15(19)9-10-25(20)21(26)24-18-11-14(12-18)13-23/h1-8,14,18,20H,9-13,23H2,(H,24,26). The van der Waals surface area contributed by atoms with Crippen LogP contribution < -0.4 is 11.1 Å². The molecular weight excluding hydrogens is 329 g/mol. The van der Waals surface area contributed by atoms with E-state index in [1.807, 2.05) is 17.0 Å². The fourth-order valence-corrected chi connectivity index (χ4v) is 4.09. The van der Waals surface area contributed by atoms with Gasteiger partial charge in [0.05, 0.1) is 6.04 Å². The summed E-state index contributed by atoms with van der Waals surface area (Å²) in [5.74, 6) is 0.256. The fourth-order valence-electron chi connectivity index (χ4n) is 4.09. The lowest BCUT2D eigenvalue weighted by Crippen LogP contribution is -2.53. The maximum Gasteiger partial charge on any atom is 0.318 e. The van der Waals surface area contributed by atoms with Crippen LogP contribution in [-0.2, 0) is 6.42 Å². The number of hydrogen-bond acceptors (Lipinski definition) is 2. The molecule has 4 rings (SSSR count). The number of fused-ring (bicyclic) bond motifs is 1. The van der Waals surface area contributed by atoms with Crippen LogP contribution in [0.2, 0.25) is 0 Å². The Balaban J connectivity index is 1.60. The molecule has 1 atom stereocenters. The molecule has 0 saturated heterocycles. The number of carbonyl (C=O) groups excluding carboxylic acids is 1. The van der Waals surface area contributed by atoms with Gasteiger partial charge in [0.15, 0.2) is 0 Å². The summed E-state index contributed by atoms with van der Waals surface area (Å²) >= 11 is 0. The van der Waals surface area contributed by atoms with Crippen LogP contribution in [0.3, 0.4) is 0 Å². The van der Waals surface area contributed by atoms with Gasteiger partial charge in [-0.15, -0.1) is 0 Å². The van der Waals surface area contributed by atoms with Crippen LogP contribution in [-0.4, -0.2) is 30.1 Å². The lowest BCUT2D eigenvalue weighted by Gasteiger charge is -2.41. The summed E-state index contributed by atoms with van der Waals surface area (Å²) in [5.41, 5.74) is 8.98. The number of hydrogen-bond donors (Lipinski definition) is 2. The number of rotatable bonds is 3. The number of benzene rings is 2. The van der Waals surface area contributed by atoms with Crippen LogP contribution in [0, 0.1) is 11.7 Å². The molecule has 1 saturated carbocycles. The third-order valence-electron chi connectivity index (χ3n) is 5.63. The van der Waals surface area contributed by atoms with E-state index in [0.29, 0.717) is 19.0 Å². The molecule has 1 heterocycles. The highest BCUT2D eigenvalue weighted by Crippen LogP contribution is 2.35. The number of nitrogens with one attached hydrogen (secondary N) is 1. The van der Waals surface area contributed by atoms with Gasteiger partial charge in [-0.3, -0.25) is 0 Å². The van der Waals surface area contributed by atoms with Gasteiger partial charge in [-0.05, 0) is 60.5 Å². The van der Waals surface area contributed by atoms with Crippen molar-refractivity contribution in [2.24, 2.45) is 11.7 Å². The maximum absolute atomic E-state index is 13.4. The van der Waals surface area contributed by atoms with Crippen molar-refractivity contribution in [2.75, 3.05) is 13.1 Å². The Morgan fingerprint density at radius 2 is 1.88 bits per heavy atom.